The van der Waals surface area contributed by atoms with E-state index in [0.29, 0.717) is 0 Å². The average molecular weight is 375 g/mol. The first-order chi connectivity index (χ1) is 13.6. The zero-order valence-electron chi connectivity index (χ0n) is 16.6. The van der Waals surface area contributed by atoms with E-state index in [1.807, 2.05) is 24.6 Å². The molecule has 2 aromatic heterocycles. The minimum Gasteiger partial charge on any atom is -0.368 e. The normalized spacial score (nSPS) is 20.2. The van der Waals surface area contributed by atoms with Crippen molar-refractivity contribution in [3.63, 3.8) is 0 Å². The summed E-state index contributed by atoms with van der Waals surface area (Å²) in [6.45, 7) is 9.17. The largest absolute Gasteiger partial charge is 0.368 e. The monoisotopic (exact) mass is 375 g/mol. The van der Waals surface area contributed by atoms with Gasteiger partial charge in [-0.25, -0.2) is 9.51 Å². The third kappa shape index (κ3) is 3.01. The molecule has 5 heterocycles. The van der Waals surface area contributed by atoms with Gasteiger partial charge in [-0.2, -0.15) is 5.10 Å². The van der Waals surface area contributed by atoms with E-state index in [1.165, 1.54) is 5.70 Å². The molecule has 0 bridgehead atoms. The zero-order valence-corrected chi connectivity index (χ0v) is 16.6. The van der Waals surface area contributed by atoms with Crippen molar-refractivity contribution >= 4 is 17.0 Å². The Morgan fingerprint density at radius 3 is 2.68 bits per heavy atom. The van der Waals surface area contributed by atoms with E-state index >= 15 is 0 Å². The Balaban J connectivity index is 1.39. The van der Waals surface area contributed by atoms with Gasteiger partial charge in [0.25, 0.3) is 0 Å². The van der Waals surface area contributed by atoms with E-state index in [-0.39, 0.29) is 0 Å². The number of allylic oxidation sites excluding steroid dienone is 1. The predicted octanol–water partition coefficient (Wildman–Crippen LogP) is 2.06. The lowest BCUT2D eigenvalue weighted by atomic mass is 10.2. The summed E-state index contributed by atoms with van der Waals surface area (Å²) in [7, 11) is 2.18. The molecule has 3 aliphatic heterocycles. The Bertz CT molecular complexity index is 1050. The first kappa shape index (κ1) is 17.2. The van der Waals surface area contributed by atoms with E-state index < -0.39 is 0 Å². The molecule has 28 heavy (non-hydrogen) atoms. The molecule has 1 fully saturated rings. The number of hydrogen-bond acceptors (Lipinski definition) is 6. The predicted molar refractivity (Wildman–Crippen MR) is 111 cm³/mol. The van der Waals surface area contributed by atoms with E-state index in [1.54, 1.807) is 0 Å². The van der Waals surface area contributed by atoms with Gasteiger partial charge in [0.1, 0.15) is 11.5 Å². The van der Waals surface area contributed by atoms with Crippen LogP contribution in [0.5, 0.6) is 0 Å². The van der Waals surface area contributed by atoms with Gasteiger partial charge in [0, 0.05) is 38.9 Å². The number of nitrogens with zero attached hydrogens (tertiary/aromatic N) is 7. The number of piperazine rings is 1. The van der Waals surface area contributed by atoms with E-state index in [0.717, 1.165) is 66.9 Å². The summed E-state index contributed by atoms with van der Waals surface area (Å²) < 4.78 is 1.91. The second-order valence-corrected chi connectivity index (χ2v) is 7.72. The van der Waals surface area contributed by atoms with Crippen molar-refractivity contribution < 1.29 is 0 Å². The van der Waals surface area contributed by atoms with E-state index in [9.17, 15) is 0 Å². The molecule has 3 aliphatic rings. The summed E-state index contributed by atoms with van der Waals surface area (Å²) in [4.78, 5) is 16.4. The fourth-order valence-electron chi connectivity index (χ4n) is 3.96. The van der Waals surface area contributed by atoms with Gasteiger partial charge in [-0.15, -0.1) is 0 Å². The fourth-order valence-corrected chi connectivity index (χ4v) is 3.96. The number of aromatic nitrogens is 3. The van der Waals surface area contributed by atoms with Crippen molar-refractivity contribution in [1.29, 1.82) is 0 Å². The van der Waals surface area contributed by atoms with Gasteiger partial charge in [-0.3, -0.25) is 4.98 Å². The third-order valence-corrected chi connectivity index (χ3v) is 5.59. The van der Waals surface area contributed by atoms with Gasteiger partial charge in [0.15, 0.2) is 0 Å². The lowest BCUT2D eigenvalue weighted by Gasteiger charge is -2.37. The minimum absolute atomic E-state index is 0.805. The summed E-state index contributed by atoms with van der Waals surface area (Å²) in [6, 6.07) is 2.07. The van der Waals surface area contributed by atoms with Crippen LogP contribution in [0.2, 0.25) is 0 Å². The van der Waals surface area contributed by atoms with E-state index in [2.05, 4.69) is 57.2 Å². The highest BCUT2D eigenvalue weighted by Crippen LogP contribution is 2.25. The van der Waals surface area contributed by atoms with Crippen LogP contribution in [0.4, 0.5) is 0 Å². The summed E-state index contributed by atoms with van der Waals surface area (Å²) >= 11 is 0. The highest BCUT2D eigenvalue weighted by molar-refractivity contribution is 6.00. The van der Waals surface area contributed by atoms with Crippen LogP contribution < -0.4 is 0 Å². The lowest BCUT2D eigenvalue weighted by molar-refractivity contribution is 0.188. The Labute approximate surface area is 165 Å². The molecular formula is C21H25N7. The van der Waals surface area contributed by atoms with Crippen LogP contribution in [0.1, 0.15) is 17.1 Å². The molecule has 2 aromatic rings. The molecule has 0 aliphatic carbocycles. The second kappa shape index (κ2) is 6.60. The van der Waals surface area contributed by atoms with E-state index in [4.69, 9.17) is 10.1 Å². The van der Waals surface area contributed by atoms with Crippen molar-refractivity contribution in [2.24, 2.45) is 4.99 Å². The van der Waals surface area contributed by atoms with Gasteiger partial charge in [-0.1, -0.05) is 0 Å². The van der Waals surface area contributed by atoms with Crippen molar-refractivity contribution in [3.8, 4) is 0 Å². The van der Waals surface area contributed by atoms with Crippen LogP contribution in [-0.2, 0) is 0 Å². The molecule has 7 nitrogen and oxygen atoms in total. The van der Waals surface area contributed by atoms with Crippen LogP contribution in [0.25, 0.3) is 11.2 Å². The first-order valence-electron chi connectivity index (χ1n) is 9.80. The Morgan fingerprint density at radius 1 is 1.04 bits per heavy atom. The summed E-state index contributed by atoms with van der Waals surface area (Å²) in [6.07, 6.45) is 10.6. The Hall–Kier alpha value is -2.93. The molecule has 0 spiro atoms. The van der Waals surface area contributed by atoms with Crippen molar-refractivity contribution in [3.05, 3.63) is 59.5 Å². The van der Waals surface area contributed by atoms with Crippen LogP contribution in [0.15, 0.2) is 47.4 Å². The van der Waals surface area contributed by atoms with Crippen LogP contribution in [0.3, 0.4) is 0 Å². The SMILES string of the molecule is Cc1cn2nc(C3=CCN4C=C(N5CCN(C)CC5)C=CC4=N3)cc2c(C)n1. The van der Waals surface area contributed by atoms with Gasteiger partial charge < -0.3 is 14.7 Å². The van der Waals surface area contributed by atoms with Gasteiger partial charge in [0.05, 0.1) is 34.5 Å². The molecule has 0 saturated carbocycles. The number of fused-ring (bicyclic) bond motifs is 2. The molecule has 144 valence electrons. The number of rotatable bonds is 2. The second-order valence-electron chi connectivity index (χ2n) is 7.72. The molecule has 0 aromatic carbocycles. The minimum atomic E-state index is 0.805. The maximum Gasteiger partial charge on any atom is 0.133 e. The first-order valence-corrected chi connectivity index (χ1v) is 9.80. The summed E-state index contributed by atoms with van der Waals surface area (Å²) in [5, 5.41) is 4.72. The maximum atomic E-state index is 4.86. The average Bonchev–Trinajstić information content (AvgIpc) is 3.12. The lowest BCUT2D eigenvalue weighted by Crippen LogP contribution is -2.44. The van der Waals surface area contributed by atoms with Crippen LogP contribution in [-0.4, -0.2) is 74.9 Å². The molecule has 0 N–H and O–H groups in total. The van der Waals surface area contributed by atoms with Gasteiger partial charge in [-0.05, 0) is 45.2 Å². The number of likely N-dealkylation sites (N-methyl/N-ethyl adjacent to an activating group) is 1. The third-order valence-electron chi connectivity index (χ3n) is 5.59. The molecule has 0 atom stereocenters. The van der Waals surface area contributed by atoms with Gasteiger partial charge >= 0.3 is 0 Å². The highest BCUT2D eigenvalue weighted by atomic mass is 15.3. The zero-order chi connectivity index (χ0) is 19.3. The van der Waals surface area contributed by atoms with Crippen molar-refractivity contribution in [2.75, 3.05) is 39.8 Å². The standard InChI is InChI=1S/C21H25N7/c1-15-13-28-20(16(2)22-15)12-19(24-28)18-6-7-27-14-17(4-5-21(27)23-18)26-10-8-25(3)9-11-26/h4-6,12-14H,7-11H2,1-3H3. The topological polar surface area (TPSA) is 52.3 Å². The fraction of sp³-hybridized carbons (Fsp3) is 0.381. The molecule has 1 saturated heterocycles. The molecular weight excluding hydrogens is 350 g/mol. The molecule has 7 heteroatoms. The Kier molecular flexibility index (Phi) is 4.05. The molecule has 0 amide bonds. The van der Waals surface area contributed by atoms with Crippen molar-refractivity contribution in [1.82, 2.24) is 29.3 Å². The summed E-state index contributed by atoms with van der Waals surface area (Å²) in [5.41, 5.74) is 6.07. The number of amidine groups is 1. The number of aryl methyl sites for hydroxylation is 2. The molecule has 5 rings (SSSR count). The summed E-state index contributed by atoms with van der Waals surface area (Å²) in [5.74, 6) is 0.971. The smallest absolute Gasteiger partial charge is 0.133 e. The molecule has 0 unspecified atom stereocenters. The number of aliphatic imine (C=N–C) groups is 1. The van der Waals surface area contributed by atoms with Gasteiger partial charge in [0.2, 0.25) is 0 Å². The Morgan fingerprint density at radius 2 is 1.86 bits per heavy atom. The maximum absolute atomic E-state index is 4.86. The quantitative estimate of drug-likeness (QED) is 0.804. The van der Waals surface area contributed by atoms with Crippen LogP contribution in [0, 0.1) is 13.8 Å². The highest BCUT2D eigenvalue weighted by Gasteiger charge is 2.22. The molecule has 0 radical (unpaired) electrons. The van der Waals surface area contributed by atoms with Crippen LogP contribution >= 0.6 is 0 Å². The number of hydrogen-bond donors (Lipinski definition) is 0. The van der Waals surface area contributed by atoms with Crippen molar-refractivity contribution in [2.45, 2.75) is 13.8 Å².